The summed E-state index contributed by atoms with van der Waals surface area (Å²) in [7, 11) is 0. The van der Waals surface area contributed by atoms with Gasteiger partial charge in [0, 0.05) is 61.9 Å². The minimum Gasteiger partial charge on any atom is -0.367 e. The molecule has 0 spiro atoms. The minimum absolute atomic E-state index is 0.0528. The monoisotopic (exact) mass is 456 g/mol. The maximum atomic E-state index is 13.2. The Labute approximate surface area is 199 Å². The number of hydrogen-bond donors (Lipinski definition) is 0. The third-order valence-electron chi connectivity index (χ3n) is 7.66. The number of nitrogens with zero attached hydrogens (tertiary/aromatic N) is 6. The Balaban J connectivity index is 1.32. The van der Waals surface area contributed by atoms with Crippen LogP contribution in [0.5, 0.6) is 0 Å². The van der Waals surface area contributed by atoms with Crippen molar-refractivity contribution in [2.75, 3.05) is 24.5 Å². The van der Waals surface area contributed by atoms with Crippen LogP contribution in [0.3, 0.4) is 0 Å². The first-order valence-corrected chi connectivity index (χ1v) is 12.5. The summed E-state index contributed by atoms with van der Waals surface area (Å²) in [5.41, 5.74) is 6.45. The van der Waals surface area contributed by atoms with Gasteiger partial charge in [-0.25, -0.2) is 9.97 Å². The van der Waals surface area contributed by atoms with Gasteiger partial charge in [0.1, 0.15) is 11.3 Å². The Bertz CT molecular complexity index is 1430. The van der Waals surface area contributed by atoms with Crippen LogP contribution >= 0.6 is 0 Å². The number of aryl methyl sites for hydroxylation is 2. The summed E-state index contributed by atoms with van der Waals surface area (Å²) in [4.78, 5) is 27.7. The van der Waals surface area contributed by atoms with E-state index >= 15 is 0 Å². The van der Waals surface area contributed by atoms with E-state index in [0.717, 1.165) is 60.3 Å². The molecule has 2 aliphatic rings. The van der Waals surface area contributed by atoms with Gasteiger partial charge in [0.05, 0.1) is 17.1 Å². The molecule has 34 heavy (non-hydrogen) atoms. The number of piperazine rings is 1. The molecule has 1 unspecified atom stereocenters. The number of fused-ring (bicyclic) bond motifs is 2. The molecule has 1 atom stereocenters. The molecule has 4 aromatic heterocycles. The molecule has 7 heteroatoms. The van der Waals surface area contributed by atoms with Gasteiger partial charge in [0.25, 0.3) is 5.56 Å². The largest absolute Gasteiger partial charge is 0.367 e. The number of aromatic nitrogens is 4. The van der Waals surface area contributed by atoms with Crippen LogP contribution in [0.25, 0.3) is 22.6 Å². The van der Waals surface area contributed by atoms with Gasteiger partial charge in [-0.2, -0.15) is 0 Å². The molecular formula is C27H32N6O. The van der Waals surface area contributed by atoms with Crippen LogP contribution in [0.2, 0.25) is 0 Å². The summed E-state index contributed by atoms with van der Waals surface area (Å²) < 4.78 is 3.73. The summed E-state index contributed by atoms with van der Waals surface area (Å²) >= 11 is 0. The number of rotatable bonds is 4. The highest BCUT2D eigenvalue weighted by Crippen LogP contribution is 2.29. The number of anilines is 1. The third-order valence-corrected chi connectivity index (χ3v) is 7.66. The highest BCUT2D eigenvalue weighted by atomic mass is 16.1. The van der Waals surface area contributed by atoms with Crippen molar-refractivity contribution in [1.29, 1.82) is 0 Å². The standard InChI is InChI=1S/C27H32N6O/c1-4-20-12-21(16-31-14-18(2)28-27(20)31)24-13-26(34)33-17-23(8-9-25(33)29-24)30-10-11-32(19(3)15-30)22-6-5-7-22/h8-9,12-14,16-17,19,22H,4-7,10-11,15H2,1-3H3. The highest BCUT2D eigenvalue weighted by Gasteiger charge is 2.32. The van der Waals surface area contributed by atoms with E-state index in [4.69, 9.17) is 4.98 Å². The predicted molar refractivity (Wildman–Crippen MR) is 136 cm³/mol. The van der Waals surface area contributed by atoms with Crippen LogP contribution in [-0.2, 0) is 6.42 Å². The van der Waals surface area contributed by atoms with Gasteiger partial charge >= 0.3 is 0 Å². The van der Waals surface area contributed by atoms with Crippen LogP contribution in [-0.4, -0.2) is 55.4 Å². The number of imidazole rings is 1. The van der Waals surface area contributed by atoms with E-state index in [9.17, 15) is 4.79 Å². The fraction of sp³-hybridized carbons (Fsp3) is 0.444. The molecule has 1 saturated carbocycles. The minimum atomic E-state index is -0.0528. The fourth-order valence-corrected chi connectivity index (χ4v) is 5.59. The van der Waals surface area contributed by atoms with Crippen molar-refractivity contribution in [1.82, 2.24) is 23.7 Å². The first kappa shape index (κ1) is 21.4. The maximum Gasteiger partial charge on any atom is 0.258 e. The van der Waals surface area contributed by atoms with Crippen molar-refractivity contribution in [3.8, 4) is 11.3 Å². The van der Waals surface area contributed by atoms with E-state index in [-0.39, 0.29) is 5.56 Å². The van der Waals surface area contributed by atoms with Crippen LogP contribution in [0, 0.1) is 6.92 Å². The Kier molecular flexibility index (Phi) is 5.17. The zero-order chi connectivity index (χ0) is 23.4. The van der Waals surface area contributed by atoms with Crippen molar-refractivity contribution in [2.24, 2.45) is 0 Å². The van der Waals surface area contributed by atoms with E-state index < -0.39 is 0 Å². The average molecular weight is 457 g/mol. The van der Waals surface area contributed by atoms with Gasteiger partial charge in [-0.1, -0.05) is 13.3 Å². The molecule has 5 heterocycles. The van der Waals surface area contributed by atoms with E-state index in [1.165, 1.54) is 19.3 Å². The number of pyridine rings is 2. The molecule has 176 valence electrons. The molecule has 6 rings (SSSR count). The van der Waals surface area contributed by atoms with Gasteiger partial charge in [-0.15, -0.1) is 0 Å². The summed E-state index contributed by atoms with van der Waals surface area (Å²) in [5.74, 6) is 0. The second-order valence-electron chi connectivity index (χ2n) is 9.93. The van der Waals surface area contributed by atoms with Crippen molar-refractivity contribution in [3.63, 3.8) is 0 Å². The fourth-order valence-electron chi connectivity index (χ4n) is 5.59. The zero-order valence-electron chi connectivity index (χ0n) is 20.2. The van der Waals surface area contributed by atoms with E-state index in [0.29, 0.717) is 17.4 Å². The lowest BCUT2D eigenvalue weighted by Gasteiger charge is -2.47. The molecule has 0 amide bonds. The molecule has 0 radical (unpaired) electrons. The van der Waals surface area contributed by atoms with Crippen molar-refractivity contribution in [2.45, 2.75) is 58.5 Å². The molecule has 0 N–H and O–H groups in total. The molecular weight excluding hydrogens is 424 g/mol. The van der Waals surface area contributed by atoms with Gasteiger partial charge in [-0.05, 0) is 56.9 Å². The summed E-state index contributed by atoms with van der Waals surface area (Å²) in [5, 5.41) is 0. The van der Waals surface area contributed by atoms with Gasteiger partial charge in [0.2, 0.25) is 0 Å². The van der Waals surface area contributed by atoms with Crippen LogP contribution in [0.1, 0.15) is 44.4 Å². The average Bonchev–Trinajstić information content (AvgIpc) is 3.18. The normalized spacial score (nSPS) is 19.7. The highest BCUT2D eigenvalue weighted by molar-refractivity contribution is 5.66. The maximum absolute atomic E-state index is 13.2. The Hall–Kier alpha value is -3.19. The number of hydrogen-bond acceptors (Lipinski definition) is 5. The van der Waals surface area contributed by atoms with Crippen LogP contribution < -0.4 is 10.5 Å². The van der Waals surface area contributed by atoms with Gasteiger partial charge in [-0.3, -0.25) is 14.1 Å². The van der Waals surface area contributed by atoms with Gasteiger partial charge < -0.3 is 9.30 Å². The van der Waals surface area contributed by atoms with E-state index in [1.807, 2.05) is 36.0 Å². The summed E-state index contributed by atoms with van der Waals surface area (Å²) in [6, 6.07) is 9.15. The van der Waals surface area contributed by atoms with Crippen molar-refractivity contribution in [3.05, 3.63) is 64.5 Å². The first-order chi connectivity index (χ1) is 16.5. The Morgan fingerprint density at radius 3 is 2.65 bits per heavy atom. The molecule has 1 aliphatic heterocycles. The summed E-state index contributed by atoms with van der Waals surface area (Å²) in [6.45, 7) is 9.53. The predicted octanol–water partition coefficient (Wildman–Crippen LogP) is 3.94. The third kappa shape index (κ3) is 3.59. The van der Waals surface area contributed by atoms with Gasteiger partial charge in [0.15, 0.2) is 0 Å². The van der Waals surface area contributed by atoms with E-state index in [1.54, 1.807) is 10.5 Å². The molecule has 7 nitrogen and oxygen atoms in total. The van der Waals surface area contributed by atoms with Crippen molar-refractivity contribution >= 4 is 17.0 Å². The molecule has 1 saturated heterocycles. The molecule has 0 aromatic carbocycles. The smallest absolute Gasteiger partial charge is 0.258 e. The second kappa shape index (κ2) is 8.24. The molecule has 4 aromatic rings. The Morgan fingerprint density at radius 1 is 1.06 bits per heavy atom. The molecule has 1 aliphatic carbocycles. The topological polar surface area (TPSA) is 58.2 Å². The van der Waals surface area contributed by atoms with Crippen molar-refractivity contribution < 1.29 is 0 Å². The zero-order valence-corrected chi connectivity index (χ0v) is 20.2. The Morgan fingerprint density at radius 2 is 1.91 bits per heavy atom. The van der Waals surface area contributed by atoms with E-state index in [2.05, 4.69) is 40.8 Å². The van der Waals surface area contributed by atoms with Crippen LogP contribution in [0.15, 0.2) is 47.7 Å². The first-order valence-electron chi connectivity index (χ1n) is 12.5. The summed E-state index contributed by atoms with van der Waals surface area (Å²) in [6.07, 6.45) is 10.9. The lowest BCUT2D eigenvalue weighted by Crippen LogP contribution is -2.57. The molecule has 2 fully saturated rings. The molecule has 0 bridgehead atoms. The van der Waals surface area contributed by atoms with Crippen LogP contribution in [0.4, 0.5) is 5.69 Å². The lowest BCUT2D eigenvalue weighted by atomic mass is 9.89. The SMILES string of the molecule is CCc1cc(-c2cc(=O)n3cc(N4CCN(C5CCC5)C(C)C4)ccc3n2)cn2cc(C)nc12. The lowest BCUT2D eigenvalue weighted by molar-refractivity contribution is 0.0775. The quantitative estimate of drug-likeness (QED) is 0.466. The second-order valence-corrected chi connectivity index (χ2v) is 9.93.